The molecule has 2 aromatic rings. The molecule has 0 aliphatic carbocycles. The van der Waals surface area contributed by atoms with E-state index in [1.165, 1.54) is 11.8 Å². The monoisotopic (exact) mass is 360 g/mol. The van der Waals surface area contributed by atoms with E-state index < -0.39 is 0 Å². The van der Waals surface area contributed by atoms with Crippen LogP contribution in [0.1, 0.15) is 18.2 Å². The molecule has 2 heterocycles. The second-order valence-corrected chi connectivity index (χ2v) is 7.06. The van der Waals surface area contributed by atoms with Crippen LogP contribution in [0.4, 0.5) is 11.6 Å². The van der Waals surface area contributed by atoms with E-state index in [0.717, 1.165) is 38.9 Å². The zero-order chi connectivity index (χ0) is 17.3. The van der Waals surface area contributed by atoms with Crippen LogP contribution in [0.3, 0.4) is 0 Å². The number of aryl methyl sites for hydroxylation is 1. The highest BCUT2D eigenvalue weighted by Crippen LogP contribution is 2.41. The minimum Gasteiger partial charge on any atom is -0.359 e. The van der Waals surface area contributed by atoms with Gasteiger partial charge >= 0.3 is 0 Å². The van der Waals surface area contributed by atoms with Gasteiger partial charge in [0.05, 0.1) is 10.6 Å². The first-order valence-electron chi connectivity index (χ1n) is 7.42. The van der Waals surface area contributed by atoms with E-state index in [4.69, 9.17) is 11.6 Å². The van der Waals surface area contributed by atoms with Gasteiger partial charge in [-0.05, 0) is 43.7 Å². The van der Waals surface area contributed by atoms with E-state index in [2.05, 4.69) is 15.3 Å². The highest BCUT2D eigenvalue weighted by molar-refractivity contribution is 8.09. The van der Waals surface area contributed by atoms with Crippen molar-refractivity contribution in [1.29, 1.82) is 0 Å². The molecule has 1 aliphatic heterocycles. The highest BCUT2D eigenvalue weighted by Gasteiger charge is 2.28. The Bertz CT molecular complexity index is 824. The predicted octanol–water partition coefficient (Wildman–Crippen LogP) is 4.07. The number of thioether (sulfide) groups is 1. The molecule has 0 radical (unpaired) electrons. The molecule has 0 spiro atoms. The van der Waals surface area contributed by atoms with Crippen LogP contribution in [0.5, 0.6) is 0 Å². The Morgan fingerprint density at radius 3 is 2.79 bits per heavy atom. The van der Waals surface area contributed by atoms with Gasteiger partial charge in [-0.2, -0.15) is 0 Å². The number of allylic oxidation sites excluding steroid dienone is 1. The van der Waals surface area contributed by atoms with Gasteiger partial charge in [-0.1, -0.05) is 23.4 Å². The minimum atomic E-state index is -0.203. The number of rotatable bonds is 4. The lowest BCUT2D eigenvalue weighted by molar-refractivity contribution is -0.109. The summed E-state index contributed by atoms with van der Waals surface area (Å²) in [4.78, 5) is 23.0. The summed E-state index contributed by atoms with van der Waals surface area (Å²) in [5.74, 6) is 0.507. The van der Waals surface area contributed by atoms with Crippen LogP contribution in [0, 0.1) is 6.92 Å². The summed E-state index contributed by atoms with van der Waals surface area (Å²) in [5.41, 5.74) is 3.70. The first kappa shape index (κ1) is 16.8. The van der Waals surface area contributed by atoms with E-state index >= 15 is 0 Å². The molecule has 1 aliphatic rings. The van der Waals surface area contributed by atoms with E-state index in [1.807, 2.05) is 50.1 Å². The number of anilines is 2. The topological polar surface area (TPSA) is 58.1 Å². The summed E-state index contributed by atoms with van der Waals surface area (Å²) in [5, 5.41) is 3.71. The molecule has 1 N–H and O–H groups in total. The zero-order valence-electron chi connectivity index (χ0n) is 13.6. The van der Waals surface area contributed by atoms with Crippen LogP contribution in [0.25, 0.3) is 4.91 Å². The summed E-state index contributed by atoms with van der Waals surface area (Å²) in [6.07, 6.45) is 2.65. The summed E-state index contributed by atoms with van der Waals surface area (Å²) < 4.78 is 0. The van der Waals surface area contributed by atoms with Crippen molar-refractivity contribution in [3.63, 3.8) is 0 Å². The van der Waals surface area contributed by atoms with Crippen LogP contribution < -0.4 is 5.32 Å². The summed E-state index contributed by atoms with van der Waals surface area (Å²) >= 11 is 7.55. The number of benzene rings is 1. The minimum absolute atomic E-state index is 0.203. The molecule has 5 nitrogen and oxygen atoms in total. The maximum absolute atomic E-state index is 11.2. The van der Waals surface area contributed by atoms with Gasteiger partial charge in [-0.3, -0.25) is 0 Å². The number of halogens is 1. The van der Waals surface area contributed by atoms with Crippen molar-refractivity contribution in [1.82, 2.24) is 14.9 Å². The Labute approximate surface area is 150 Å². The molecule has 1 aromatic carbocycles. The largest absolute Gasteiger partial charge is 0.359 e. The maximum Gasteiger partial charge on any atom is 0.227 e. The molecule has 0 amide bonds. The van der Waals surface area contributed by atoms with Crippen LogP contribution >= 0.6 is 23.4 Å². The van der Waals surface area contributed by atoms with Crippen molar-refractivity contribution in [2.45, 2.75) is 19.2 Å². The van der Waals surface area contributed by atoms with Gasteiger partial charge < -0.3 is 15.0 Å². The number of hydrogen-bond donors (Lipinski definition) is 1. The number of carbonyl (C=O) groups is 1. The van der Waals surface area contributed by atoms with Crippen molar-refractivity contribution >= 4 is 46.2 Å². The third kappa shape index (κ3) is 3.25. The fourth-order valence-corrected chi connectivity index (χ4v) is 3.68. The summed E-state index contributed by atoms with van der Waals surface area (Å²) in [6.45, 7) is 3.94. The molecule has 0 bridgehead atoms. The lowest BCUT2D eigenvalue weighted by Crippen LogP contribution is -2.23. The van der Waals surface area contributed by atoms with Gasteiger partial charge in [-0.15, -0.1) is 0 Å². The smallest absolute Gasteiger partial charge is 0.227 e. The summed E-state index contributed by atoms with van der Waals surface area (Å²) in [6, 6.07) is 7.52. The number of aldehydes is 1. The lowest BCUT2D eigenvalue weighted by Gasteiger charge is -2.16. The molecule has 124 valence electrons. The normalized spacial score (nSPS) is 17.3. The third-order valence-electron chi connectivity index (χ3n) is 3.90. The Morgan fingerprint density at radius 2 is 2.12 bits per heavy atom. The standard InChI is InChI=1S/C17H17ClN4OS/c1-10-8-12(4-5-13(10)18)20-17-19-7-6-14(21-17)16-11(2)22(3)15(9-23)24-16/h4-9,15H,1-3H3,(H,19,20,21). The fraction of sp³-hybridized carbons (Fsp3) is 0.235. The van der Waals surface area contributed by atoms with Gasteiger partial charge in [0.1, 0.15) is 5.37 Å². The second kappa shape index (κ2) is 6.83. The van der Waals surface area contributed by atoms with Crippen molar-refractivity contribution in [2.24, 2.45) is 0 Å². The number of hydrogen-bond acceptors (Lipinski definition) is 6. The molecule has 1 unspecified atom stereocenters. The lowest BCUT2D eigenvalue weighted by atomic mass is 10.2. The Kier molecular flexibility index (Phi) is 4.78. The van der Waals surface area contributed by atoms with Crippen molar-refractivity contribution in [3.8, 4) is 0 Å². The SMILES string of the molecule is CC1=C(c2ccnc(Nc3ccc(Cl)c(C)c3)n2)SC(C=O)N1C. The van der Waals surface area contributed by atoms with Gasteiger partial charge in [0.25, 0.3) is 0 Å². The predicted molar refractivity (Wildman–Crippen MR) is 99.3 cm³/mol. The molecule has 0 saturated carbocycles. The van der Waals surface area contributed by atoms with E-state index in [-0.39, 0.29) is 5.37 Å². The van der Waals surface area contributed by atoms with E-state index in [9.17, 15) is 4.79 Å². The van der Waals surface area contributed by atoms with Gasteiger partial charge in [-0.25, -0.2) is 9.97 Å². The zero-order valence-corrected chi connectivity index (χ0v) is 15.1. The molecule has 0 fully saturated rings. The third-order valence-corrected chi connectivity index (χ3v) is 5.73. The first-order valence-corrected chi connectivity index (χ1v) is 8.67. The van der Waals surface area contributed by atoms with Crippen LogP contribution in [-0.2, 0) is 4.79 Å². The Morgan fingerprint density at radius 1 is 1.33 bits per heavy atom. The number of likely N-dealkylation sites (N-methyl/N-ethyl adjacent to an activating group) is 1. The van der Waals surface area contributed by atoms with E-state index in [1.54, 1.807) is 6.20 Å². The van der Waals surface area contributed by atoms with Crippen molar-refractivity contribution < 1.29 is 4.79 Å². The van der Waals surface area contributed by atoms with Crippen LogP contribution in [0.15, 0.2) is 36.2 Å². The Balaban J connectivity index is 1.87. The summed E-state index contributed by atoms with van der Waals surface area (Å²) in [7, 11) is 1.91. The Hall–Kier alpha value is -2.05. The molecule has 3 rings (SSSR count). The van der Waals surface area contributed by atoms with Gasteiger partial charge in [0.2, 0.25) is 5.95 Å². The van der Waals surface area contributed by atoms with E-state index in [0.29, 0.717) is 5.95 Å². The highest BCUT2D eigenvalue weighted by atomic mass is 35.5. The molecular formula is C17H17ClN4OS. The number of carbonyl (C=O) groups excluding carboxylic acids is 1. The van der Waals surface area contributed by atoms with Crippen molar-refractivity contribution in [3.05, 3.63) is 52.4 Å². The fourth-order valence-electron chi connectivity index (χ4n) is 2.40. The van der Waals surface area contributed by atoms with Crippen molar-refractivity contribution in [2.75, 3.05) is 12.4 Å². The number of nitrogens with zero attached hydrogens (tertiary/aromatic N) is 3. The average Bonchev–Trinajstić information content (AvgIpc) is 2.86. The maximum atomic E-state index is 11.2. The van der Waals surface area contributed by atoms with Gasteiger partial charge in [0, 0.05) is 29.7 Å². The number of nitrogens with one attached hydrogen (secondary N) is 1. The molecule has 7 heteroatoms. The van der Waals surface area contributed by atoms with Gasteiger partial charge in [0.15, 0.2) is 6.29 Å². The molecule has 24 heavy (non-hydrogen) atoms. The molecular weight excluding hydrogens is 344 g/mol. The van der Waals surface area contributed by atoms with Crippen LogP contribution in [-0.4, -0.2) is 33.6 Å². The molecule has 1 atom stereocenters. The first-order chi connectivity index (χ1) is 11.5. The van der Waals surface area contributed by atoms with Crippen LogP contribution in [0.2, 0.25) is 5.02 Å². The molecule has 1 aromatic heterocycles. The quantitative estimate of drug-likeness (QED) is 0.829. The number of aromatic nitrogens is 2. The molecule has 0 saturated heterocycles. The second-order valence-electron chi connectivity index (χ2n) is 5.52. The average molecular weight is 361 g/mol.